The smallest absolute Gasteiger partial charge is 0.406 e. The van der Waals surface area contributed by atoms with Gasteiger partial charge in [-0.2, -0.15) is 0 Å². The summed E-state index contributed by atoms with van der Waals surface area (Å²) in [5.41, 5.74) is 1.90. The highest BCUT2D eigenvalue weighted by molar-refractivity contribution is 5.72. The molecule has 1 heterocycles. The highest BCUT2D eigenvalue weighted by Crippen LogP contribution is 2.24. The van der Waals surface area contributed by atoms with Crippen molar-refractivity contribution in [2.45, 2.75) is 6.36 Å². The molecule has 1 aromatic heterocycles. The summed E-state index contributed by atoms with van der Waals surface area (Å²) in [6, 6.07) is 12.2. The molecule has 9 heteroatoms. The molecule has 1 N–H and O–H groups in total. The van der Waals surface area contributed by atoms with E-state index in [9.17, 15) is 18.0 Å². The Kier molecular flexibility index (Phi) is 4.38. The lowest BCUT2D eigenvalue weighted by Crippen LogP contribution is -2.17. The zero-order valence-electron chi connectivity index (χ0n) is 12.6. The number of amides is 1. The van der Waals surface area contributed by atoms with E-state index in [0.717, 1.165) is 5.56 Å². The summed E-state index contributed by atoms with van der Waals surface area (Å²) in [4.78, 5) is 14.6. The summed E-state index contributed by atoms with van der Waals surface area (Å²) in [5, 5.41) is 6.80. The van der Waals surface area contributed by atoms with Gasteiger partial charge in [0.15, 0.2) is 5.82 Å². The molecule has 128 valence electrons. The summed E-state index contributed by atoms with van der Waals surface area (Å²) in [7, 11) is 0. The van der Waals surface area contributed by atoms with Crippen molar-refractivity contribution in [1.82, 2.24) is 14.8 Å². The molecule has 0 spiro atoms. The lowest BCUT2D eigenvalue weighted by molar-refractivity contribution is -0.274. The first-order chi connectivity index (χ1) is 11.9. The molecule has 0 aliphatic carbocycles. The van der Waals surface area contributed by atoms with Crippen molar-refractivity contribution in [2.75, 3.05) is 5.32 Å². The molecule has 0 unspecified atom stereocenters. The summed E-state index contributed by atoms with van der Waals surface area (Å²) in [6.07, 6.45) is -2.70. The third-order valence-electron chi connectivity index (χ3n) is 3.20. The Balaban J connectivity index is 1.77. The standard InChI is InChI=1S/C16H11F3N4O2/c17-16(18,19)25-14-7-5-13(6-8-14)23-9-20-15(22-23)11-1-3-12(4-2-11)21-10-24/h1-10H,(H,21,24). The monoisotopic (exact) mass is 348 g/mol. The van der Waals surface area contributed by atoms with Crippen LogP contribution in [-0.2, 0) is 4.79 Å². The van der Waals surface area contributed by atoms with Crippen LogP contribution in [0.1, 0.15) is 0 Å². The summed E-state index contributed by atoms with van der Waals surface area (Å²) < 4.78 is 41.7. The third kappa shape index (κ3) is 4.14. The van der Waals surface area contributed by atoms with Crippen LogP contribution in [0.25, 0.3) is 17.1 Å². The van der Waals surface area contributed by atoms with Crippen LogP contribution in [0.4, 0.5) is 18.9 Å². The fourth-order valence-corrected chi connectivity index (χ4v) is 2.10. The van der Waals surface area contributed by atoms with Gasteiger partial charge in [0.25, 0.3) is 0 Å². The molecule has 1 amide bonds. The molecule has 0 saturated heterocycles. The molecule has 0 saturated carbocycles. The second-order valence-corrected chi connectivity index (χ2v) is 4.89. The van der Waals surface area contributed by atoms with Gasteiger partial charge in [-0.15, -0.1) is 18.3 Å². The number of nitrogens with one attached hydrogen (secondary N) is 1. The van der Waals surface area contributed by atoms with Crippen molar-refractivity contribution in [3.63, 3.8) is 0 Å². The van der Waals surface area contributed by atoms with Crippen molar-refractivity contribution >= 4 is 12.1 Å². The predicted octanol–water partition coefficient (Wildman–Crippen LogP) is 3.40. The molecule has 3 aromatic rings. The fourth-order valence-electron chi connectivity index (χ4n) is 2.10. The maximum absolute atomic E-state index is 12.2. The summed E-state index contributed by atoms with van der Waals surface area (Å²) in [6.45, 7) is 0. The third-order valence-corrected chi connectivity index (χ3v) is 3.20. The SMILES string of the molecule is O=CNc1ccc(-c2ncn(-c3ccc(OC(F)(F)F)cc3)n2)cc1. The largest absolute Gasteiger partial charge is 0.573 e. The number of carbonyl (C=O) groups excluding carboxylic acids is 1. The van der Waals surface area contributed by atoms with Crippen molar-refractivity contribution in [3.8, 4) is 22.8 Å². The van der Waals surface area contributed by atoms with Crippen LogP contribution in [0.5, 0.6) is 5.75 Å². The number of nitrogens with zero attached hydrogens (tertiary/aromatic N) is 3. The van der Waals surface area contributed by atoms with Gasteiger partial charge in [0.1, 0.15) is 12.1 Å². The van der Waals surface area contributed by atoms with Crippen LogP contribution in [0.3, 0.4) is 0 Å². The maximum atomic E-state index is 12.2. The first-order valence-corrected chi connectivity index (χ1v) is 7.03. The predicted molar refractivity (Wildman–Crippen MR) is 83.2 cm³/mol. The van der Waals surface area contributed by atoms with Crippen LogP contribution in [0.2, 0.25) is 0 Å². The number of hydrogen-bond donors (Lipinski definition) is 1. The van der Waals surface area contributed by atoms with Gasteiger partial charge in [0.2, 0.25) is 6.41 Å². The van der Waals surface area contributed by atoms with Gasteiger partial charge in [-0.05, 0) is 48.5 Å². The van der Waals surface area contributed by atoms with E-state index in [1.165, 1.54) is 35.3 Å². The van der Waals surface area contributed by atoms with E-state index in [1.807, 2.05) is 0 Å². The van der Waals surface area contributed by atoms with Gasteiger partial charge in [0.05, 0.1) is 5.69 Å². The van der Waals surface area contributed by atoms with Gasteiger partial charge >= 0.3 is 6.36 Å². The number of alkyl halides is 3. The molecule has 0 bridgehead atoms. The van der Waals surface area contributed by atoms with Crippen molar-refractivity contribution in [3.05, 3.63) is 54.9 Å². The minimum Gasteiger partial charge on any atom is -0.406 e. The Morgan fingerprint density at radius 2 is 1.72 bits per heavy atom. The molecule has 0 aliphatic rings. The van der Waals surface area contributed by atoms with Gasteiger partial charge in [0, 0.05) is 11.3 Å². The second kappa shape index (κ2) is 6.63. The number of halogens is 3. The minimum absolute atomic E-state index is 0.310. The number of hydrogen-bond acceptors (Lipinski definition) is 4. The first kappa shape index (κ1) is 16.5. The Morgan fingerprint density at radius 1 is 1.04 bits per heavy atom. The molecular formula is C16H11F3N4O2. The lowest BCUT2D eigenvalue weighted by Gasteiger charge is -2.09. The van der Waals surface area contributed by atoms with E-state index in [-0.39, 0.29) is 5.75 Å². The van der Waals surface area contributed by atoms with E-state index in [2.05, 4.69) is 20.1 Å². The number of aromatic nitrogens is 3. The van der Waals surface area contributed by atoms with Gasteiger partial charge in [-0.25, -0.2) is 9.67 Å². The highest BCUT2D eigenvalue weighted by Gasteiger charge is 2.30. The quantitative estimate of drug-likeness (QED) is 0.718. The fraction of sp³-hybridized carbons (Fsp3) is 0.0625. The summed E-state index contributed by atoms with van der Waals surface area (Å²) >= 11 is 0. The van der Waals surface area contributed by atoms with E-state index in [4.69, 9.17) is 0 Å². The van der Waals surface area contributed by atoms with Crippen LogP contribution in [0, 0.1) is 0 Å². The molecule has 0 radical (unpaired) electrons. The molecule has 3 rings (SSSR count). The second-order valence-electron chi connectivity index (χ2n) is 4.89. The number of carbonyl (C=O) groups is 1. The number of ether oxygens (including phenoxy) is 1. The van der Waals surface area contributed by atoms with E-state index in [0.29, 0.717) is 23.6 Å². The van der Waals surface area contributed by atoms with Crippen molar-refractivity contribution < 1.29 is 22.7 Å². The van der Waals surface area contributed by atoms with E-state index >= 15 is 0 Å². The molecule has 0 fully saturated rings. The lowest BCUT2D eigenvalue weighted by atomic mass is 10.2. The molecule has 25 heavy (non-hydrogen) atoms. The number of rotatable bonds is 5. The normalized spacial score (nSPS) is 11.2. The van der Waals surface area contributed by atoms with Crippen molar-refractivity contribution in [1.29, 1.82) is 0 Å². The zero-order chi connectivity index (χ0) is 17.9. The minimum atomic E-state index is -4.73. The molecule has 0 aliphatic heterocycles. The van der Waals surface area contributed by atoms with Crippen LogP contribution < -0.4 is 10.1 Å². The first-order valence-electron chi connectivity index (χ1n) is 7.03. The Hall–Kier alpha value is -3.36. The zero-order valence-corrected chi connectivity index (χ0v) is 12.6. The number of anilines is 1. The molecule has 6 nitrogen and oxygen atoms in total. The topological polar surface area (TPSA) is 69.0 Å². The molecular weight excluding hydrogens is 337 g/mol. The Morgan fingerprint density at radius 3 is 2.32 bits per heavy atom. The van der Waals surface area contributed by atoms with Crippen LogP contribution in [-0.4, -0.2) is 27.5 Å². The van der Waals surface area contributed by atoms with Crippen molar-refractivity contribution in [2.24, 2.45) is 0 Å². The molecule has 2 aromatic carbocycles. The van der Waals surface area contributed by atoms with Crippen LogP contribution in [0.15, 0.2) is 54.9 Å². The van der Waals surface area contributed by atoms with E-state index in [1.54, 1.807) is 24.3 Å². The molecule has 0 atom stereocenters. The van der Waals surface area contributed by atoms with Gasteiger partial charge in [-0.1, -0.05) is 0 Å². The average molecular weight is 348 g/mol. The Labute approximate surface area is 139 Å². The highest BCUT2D eigenvalue weighted by atomic mass is 19.4. The Bertz CT molecular complexity index is 858. The van der Waals surface area contributed by atoms with Gasteiger partial charge in [-0.3, -0.25) is 4.79 Å². The maximum Gasteiger partial charge on any atom is 0.573 e. The van der Waals surface area contributed by atoms with Gasteiger partial charge < -0.3 is 10.1 Å². The van der Waals surface area contributed by atoms with Crippen LogP contribution >= 0.6 is 0 Å². The number of benzene rings is 2. The van der Waals surface area contributed by atoms with E-state index < -0.39 is 6.36 Å². The average Bonchev–Trinajstić information content (AvgIpc) is 3.05. The summed E-state index contributed by atoms with van der Waals surface area (Å²) in [5.74, 6) is 0.128.